The van der Waals surface area contributed by atoms with E-state index in [1.807, 2.05) is 39.0 Å². The van der Waals surface area contributed by atoms with Crippen LogP contribution in [0.3, 0.4) is 0 Å². The molecule has 2 saturated carbocycles. The van der Waals surface area contributed by atoms with Crippen molar-refractivity contribution in [2.45, 2.75) is 33.6 Å². The molecule has 4 fully saturated rings. The average Bonchev–Trinajstić information content (AvgIpc) is 3.57. The number of hydrogen-bond donors (Lipinski definition) is 0. The average molecular weight is 511 g/mol. The molecule has 2 aromatic carbocycles. The summed E-state index contributed by atoms with van der Waals surface area (Å²) in [7, 11) is 0. The first-order valence-electron chi connectivity index (χ1n) is 13.5. The minimum atomic E-state index is -0.566. The highest BCUT2D eigenvalue weighted by molar-refractivity contribution is 6.23. The molecule has 7 nitrogen and oxygen atoms in total. The number of ether oxygens (including phenoxy) is 1. The van der Waals surface area contributed by atoms with Gasteiger partial charge in [-0.25, -0.2) is 4.90 Å². The molecule has 8 rings (SSSR count). The van der Waals surface area contributed by atoms with Crippen molar-refractivity contribution in [1.82, 2.24) is 0 Å². The van der Waals surface area contributed by atoms with Gasteiger partial charge in [0, 0.05) is 18.7 Å². The molecular formula is C31H30N2O5. The number of allylic oxidation sites excluding steroid dienone is 2. The molecule has 6 aliphatic rings. The van der Waals surface area contributed by atoms with Crippen molar-refractivity contribution >= 4 is 35.1 Å². The van der Waals surface area contributed by atoms with Gasteiger partial charge in [0.15, 0.2) is 0 Å². The normalized spacial score (nSPS) is 32.6. The summed E-state index contributed by atoms with van der Waals surface area (Å²) in [5.74, 6) is -0.0364. The number of carbonyl (C=O) groups is 4. The Hall–Kier alpha value is -3.74. The fraction of sp³-hybridized carbons (Fsp3) is 0.419. The zero-order chi connectivity index (χ0) is 26.5. The Morgan fingerprint density at radius 3 is 2.16 bits per heavy atom. The van der Waals surface area contributed by atoms with E-state index in [0.29, 0.717) is 28.8 Å². The minimum Gasteiger partial charge on any atom is -0.426 e. The summed E-state index contributed by atoms with van der Waals surface area (Å²) in [5.41, 5.74) is 4.27. The zero-order valence-corrected chi connectivity index (χ0v) is 21.7. The lowest BCUT2D eigenvalue weighted by Crippen LogP contribution is -2.40. The van der Waals surface area contributed by atoms with Crippen molar-refractivity contribution in [2.75, 3.05) is 16.3 Å². The first kappa shape index (κ1) is 23.4. The molecule has 7 atom stereocenters. The van der Waals surface area contributed by atoms with Crippen LogP contribution in [0.5, 0.6) is 5.75 Å². The van der Waals surface area contributed by atoms with Gasteiger partial charge in [0.2, 0.25) is 17.7 Å². The number of anilines is 2. The summed E-state index contributed by atoms with van der Waals surface area (Å²) in [6.07, 6.45) is 5.56. The van der Waals surface area contributed by atoms with Gasteiger partial charge in [-0.05, 0) is 97.9 Å². The third kappa shape index (κ3) is 3.33. The molecule has 194 valence electrons. The number of rotatable bonds is 4. The number of hydrogen-bond acceptors (Lipinski definition) is 5. The summed E-state index contributed by atoms with van der Waals surface area (Å²) < 4.78 is 5.67. The van der Waals surface area contributed by atoms with Crippen molar-refractivity contribution < 1.29 is 23.9 Å². The Morgan fingerprint density at radius 1 is 0.842 bits per heavy atom. The van der Waals surface area contributed by atoms with E-state index in [-0.39, 0.29) is 54.4 Å². The van der Waals surface area contributed by atoms with E-state index >= 15 is 0 Å². The number of nitrogens with zero attached hydrogens (tertiary/aromatic N) is 2. The standard InChI is InChI=1S/C31H30N2O5/c1-15-4-5-19(10-16(15)2)32-14-18(12-26(32)34)31(37)38-20-6-9-25(17(3)11-20)33-29(35)27-21-7-8-22(24-13-23(21)24)28(27)30(33)36/h4-11,18,21-24,27-28H,12-14H2,1-3H3/t18-,21+,22+,23+,24+,27-,28-/m1/s1. The van der Waals surface area contributed by atoms with Gasteiger partial charge in [-0.3, -0.25) is 19.2 Å². The van der Waals surface area contributed by atoms with Gasteiger partial charge in [0.25, 0.3) is 0 Å². The number of carbonyl (C=O) groups excluding carboxylic acids is 4. The lowest BCUT2D eigenvalue weighted by atomic mass is 9.63. The second kappa shape index (κ2) is 8.13. The molecule has 0 N–H and O–H groups in total. The molecule has 2 aliphatic heterocycles. The summed E-state index contributed by atoms with van der Waals surface area (Å²) in [5, 5.41) is 0. The third-order valence-corrected chi connectivity index (χ3v) is 9.55. The van der Waals surface area contributed by atoms with E-state index in [2.05, 4.69) is 12.2 Å². The highest BCUT2D eigenvalue weighted by atomic mass is 16.5. The molecule has 7 heteroatoms. The molecule has 38 heavy (non-hydrogen) atoms. The summed E-state index contributed by atoms with van der Waals surface area (Å²) >= 11 is 0. The number of aryl methyl sites for hydroxylation is 3. The molecule has 2 heterocycles. The van der Waals surface area contributed by atoms with Crippen molar-refractivity contribution in [3.8, 4) is 5.75 Å². The Labute approximate surface area is 221 Å². The highest BCUT2D eigenvalue weighted by Crippen LogP contribution is 2.65. The Balaban J connectivity index is 1.06. The van der Waals surface area contributed by atoms with Crippen LogP contribution in [0.4, 0.5) is 11.4 Å². The Kier molecular flexibility index (Phi) is 5.00. The van der Waals surface area contributed by atoms with Crippen LogP contribution in [-0.4, -0.2) is 30.2 Å². The van der Waals surface area contributed by atoms with Gasteiger partial charge in [0.1, 0.15) is 5.75 Å². The molecule has 3 amide bonds. The van der Waals surface area contributed by atoms with Crippen molar-refractivity contribution in [3.63, 3.8) is 0 Å². The van der Waals surface area contributed by atoms with Crippen LogP contribution in [-0.2, 0) is 19.2 Å². The number of imide groups is 1. The smallest absolute Gasteiger partial charge is 0.316 e. The van der Waals surface area contributed by atoms with E-state index in [1.54, 1.807) is 23.1 Å². The van der Waals surface area contributed by atoms with Gasteiger partial charge in [0.05, 0.1) is 23.4 Å². The molecule has 0 aromatic heterocycles. The fourth-order valence-corrected chi connectivity index (χ4v) is 7.34. The third-order valence-electron chi connectivity index (χ3n) is 9.55. The van der Waals surface area contributed by atoms with E-state index in [0.717, 1.165) is 23.2 Å². The van der Waals surface area contributed by atoms with Crippen LogP contribution < -0.4 is 14.5 Å². The highest BCUT2D eigenvalue weighted by Gasteiger charge is 2.67. The molecule has 0 unspecified atom stereocenters. The van der Waals surface area contributed by atoms with Crippen LogP contribution in [0.1, 0.15) is 29.5 Å². The molecule has 0 spiro atoms. The lowest BCUT2D eigenvalue weighted by molar-refractivity contribution is -0.139. The largest absolute Gasteiger partial charge is 0.426 e. The van der Waals surface area contributed by atoms with E-state index < -0.39 is 11.9 Å². The van der Waals surface area contributed by atoms with Crippen LogP contribution in [0.2, 0.25) is 0 Å². The van der Waals surface area contributed by atoms with Gasteiger partial charge < -0.3 is 9.64 Å². The van der Waals surface area contributed by atoms with Crippen LogP contribution in [0.15, 0.2) is 48.6 Å². The van der Waals surface area contributed by atoms with Gasteiger partial charge in [-0.2, -0.15) is 0 Å². The summed E-state index contributed by atoms with van der Waals surface area (Å²) in [6, 6.07) is 10.9. The topological polar surface area (TPSA) is 84.0 Å². The zero-order valence-electron chi connectivity index (χ0n) is 21.7. The van der Waals surface area contributed by atoms with Gasteiger partial charge in [-0.1, -0.05) is 18.2 Å². The molecule has 0 radical (unpaired) electrons. The number of benzene rings is 2. The second-order valence-corrected chi connectivity index (χ2v) is 11.7. The van der Waals surface area contributed by atoms with Crippen molar-refractivity contribution in [3.05, 3.63) is 65.2 Å². The first-order valence-corrected chi connectivity index (χ1v) is 13.5. The Bertz CT molecular complexity index is 1420. The molecule has 2 aromatic rings. The monoisotopic (exact) mass is 510 g/mol. The molecule has 4 aliphatic carbocycles. The molecule has 2 bridgehead atoms. The molecular weight excluding hydrogens is 480 g/mol. The van der Waals surface area contributed by atoms with Crippen LogP contribution in [0, 0.1) is 62.2 Å². The maximum atomic E-state index is 13.5. The maximum Gasteiger partial charge on any atom is 0.316 e. The Morgan fingerprint density at radius 2 is 1.53 bits per heavy atom. The summed E-state index contributed by atoms with van der Waals surface area (Å²) in [6.45, 7) is 6.11. The quantitative estimate of drug-likeness (QED) is 0.267. The number of esters is 1. The fourth-order valence-electron chi connectivity index (χ4n) is 7.34. The first-order chi connectivity index (χ1) is 18.2. The SMILES string of the molecule is Cc1ccc(N2C[C@H](C(=O)Oc3ccc(N4C(=O)[C@@H]5[C@H]6C=C[C@@H]([C@@H]7C[C@@H]67)[C@H]5C4=O)c(C)c3)CC2=O)cc1C. The van der Waals surface area contributed by atoms with Crippen molar-refractivity contribution in [2.24, 2.45) is 41.4 Å². The van der Waals surface area contributed by atoms with E-state index in [4.69, 9.17) is 4.74 Å². The van der Waals surface area contributed by atoms with E-state index in [1.165, 1.54) is 4.90 Å². The van der Waals surface area contributed by atoms with E-state index in [9.17, 15) is 19.2 Å². The maximum absolute atomic E-state index is 13.5. The second-order valence-electron chi connectivity index (χ2n) is 11.7. The van der Waals surface area contributed by atoms with Gasteiger partial charge in [-0.15, -0.1) is 0 Å². The predicted octanol–water partition coefficient (Wildman–Crippen LogP) is 4.13. The van der Waals surface area contributed by atoms with Gasteiger partial charge >= 0.3 is 5.97 Å². The van der Waals surface area contributed by atoms with Crippen molar-refractivity contribution in [1.29, 1.82) is 0 Å². The minimum absolute atomic E-state index is 0.0980. The summed E-state index contributed by atoms with van der Waals surface area (Å²) in [4.78, 5) is 55.6. The van der Waals surface area contributed by atoms with Crippen LogP contribution >= 0.6 is 0 Å². The predicted molar refractivity (Wildman–Crippen MR) is 140 cm³/mol. The number of amides is 3. The van der Waals surface area contributed by atoms with Crippen LogP contribution in [0.25, 0.3) is 0 Å². The molecule has 2 saturated heterocycles. The lowest BCUT2D eigenvalue weighted by Gasteiger charge is -2.37.